The molecule has 7 nitrogen and oxygen atoms in total. The molecule has 160 valence electrons. The van der Waals surface area contributed by atoms with Crippen molar-refractivity contribution in [2.75, 3.05) is 4.72 Å². The van der Waals surface area contributed by atoms with E-state index in [1.807, 2.05) is 4.72 Å². The first-order valence-corrected chi connectivity index (χ1v) is 10.6. The van der Waals surface area contributed by atoms with Crippen molar-refractivity contribution < 1.29 is 36.3 Å². The molecule has 2 rings (SSSR count). The fourth-order valence-electron chi connectivity index (χ4n) is 2.87. The van der Waals surface area contributed by atoms with Crippen LogP contribution in [-0.2, 0) is 35.7 Å². The molecule has 1 atom stereocenters. The van der Waals surface area contributed by atoms with Crippen LogP contribution in [0.1, 0.15) is 45.6 Å². The summed E-state index contributed by atoms with van der Waals surface area (Å²) in [6.07, 6.45) is 2.15. The average molecular weight is 431 g/mol. The van der Waals surface area contributed by atoms with E-state index >= 15 is 0 Å². The van der Waals surface area contributed by atoms with Gasteiger partial charge in [0, 0.05) is 6.92 Å². The van der Waals surface area contributed by atoms with Crippen LogP contribution in [0.2, 0.25) is 0 Å². The van der Waals surface area contributed by atoms with E-state index in [2.05, 4.69) is 4.74 Å². The van der Waals surface area contributed by atoms with Crippen LogP contribution in [0.3, 0.4) is 0 Å². The first kappa shape index (κ1) is 22.8. The number of rotatable bonds is 7. The summed E-state index contributed by atoms with van der Waals surface area (Å²) in [6.45, 7) is 4.05. The van der Waals surface area contributed by atoms with E-state index in [9.17, 15) is 26.8 Å². The topological polar surface area (TPSA) is 98.8 Å². The van der Waals surface area contributed by atoms with Gasteiger partial charge in [-0.3, -0.25) is 9.52 Å². The van der Waals surface area contributed by atoms with Crippen molar-refractivity contribution >= 4 is 27.6 Å². The quantitative estimate of drug-likeness (QED) is 0.666. The molecule has 0 heterocycles. The number of esters is 2. The maximum Gasteiger partial charge on any atom is 0.335 e. The SMILES string of the molecule is CC(=O)OCc1cc(F)c(NS(=O)(=O)C2CCCC=C2C(=O)OC(C)C)c(F)c1. The number of ether oxygens (including phenoxy) is 2. The highest BCUT2D eigenvalue weighted by atomic mass is 32.2. The second-order valence-electron chi connectivity index (χ2n) is 6.89. The van der Waals surface area contributed by atoms with Crippen LogP contribution in [-0.4, -0.2) is 31.7 Å². The van der Waals surface area contributed by atoms with Gasteiger partial charge in [0.1, 0.15) is 17.5 Å². The molecule has 0 bridgehead atoms. The predicted molar refractivity (Wildman–Crippen MR) is 101 cm³/mol. The molecule has 1 aromatic rings. The molecule has 1 N–H and O–H groups in total. The molecule has 1 aromatic carbocycles. The number of benzene rings is 1. The van der Waals surface area contributed by atoms with Crippen molar-refractivity contribution in [2.24, 2.45) is 0 Å². The molecule has 0 spiro atoms. The van der Waals surface area contributed by atoms with Crippen LogP contribution >= 0.6 is 0 Å². The summed E-state index contributed by atoms with van der Waals surface area (Å²) >= 11 is 0. The van der Waals surface area contributed by atoms with Crippen molar-refractivity contribution in [3.63, 3.8) is 0 Å². The van der Waals surface area contributed by atoms with Gasteiger partial charge in [-0.25, -0.2) is 22.0 Å². The van der Waals surface area contributed by atoms with Crippen LogP contribution < -0.4 is 4.72 Å². The average Bonchev–Trinajstić information content (AvgIpc) is 2.62. The Bertz CT molecular complexity index is 904. The van der Waals surface area contributed by atoms with E-state index in [1.165, 1.54) is 6.08 Å². The van der Waals surface area contributed by atoms with Crippen LogP contribution in [0.5, 0.6) is 0 Å². The molecule has 0 saturated heterocycles. The molecule has 0 aromatic heterocycles. The summed E-state index contributed by atoms with van der Waals surface area (Å²) in [4.78, 5) is 23.1. The molecule has 1 unspecified atom stereocenters. The van der Waals surface area contributed by atoms with Crippen molar-refractivity contribution in [1.82, 2.24) is 0 Å². The Morgan fingerprint density at radius 2 is 1.86 bits per heavy atom. The number of carbonyl (C=O) groups is 2. The van der Waals surface area contributed by atoms with Gasteiger partial charge in [-0.1, -0.05) is 6.08 Å². The lowest BCUT2D eigenvalue weighted by Gasteiger charge is -2.24. The summed E-state index contributed by atoms with van der Waals surface area (Å²) in [5.74, 6) is -3.73. The van der Waals surface area contributed by atoms with E-state index in [0.29, 0.717) is 12.8 Å². The van der Waals surface area contributed by atoms with E-state index in [-0.39, 0.29) is 24.2 Å². The lowest BCUT2D eigenvalue weighted by Crippen LogP contribution is -2.35. The Morgan fingerprint density at radius 1 is 1.24 bits per heavy atom. The summed E-state index contributed by atoms with van der Waals surface area (Å²) < 4.78 is 66.0. The van der Waals surface area contributed by atoms with Gasteiger partial charge < -0.3 is 9.47 Å². The fraction of sp³-hybridized carbons (Fsp3) is 0.474. The summed E-state index contributed by atoms with van der Waals surface area (Å²) in [5.41, 5.74) is -0.889. The van der Waals surface area contributed by atoms with E-state index in [1.54, 1.807) is 13.8 Å². The third kappa shape index (κ3) is 5.99. The number of sulfonamides is 1. The van der Waals surface area contributed by atoms with Crippen LogP contribution in [0.4, 0.5) is 14.5 Å². The van der Waals surface area contributed by atoms with Crippen molar-refractivity contribution in [1.29, 1.82) is 0 Å². The maximum absolute atomic E-state index is 14.3. The normalized spacial score (nSPS) is 16.9. The molecule has 0 saturated carbocycles. The van der Waals surface area contributed by atoms with E-state index in [4.69, 9.17) is 4.74 Å². The predicted octanol–water partition coefficient (Wildman–Crippen LogP) is 3.20. The number of allylic oxidation sites excluding steroid dienone is 1. The summed E-state index contributed by atoms with van der Waals surface area (Å²) in [5, 5.41) is -1.29. The second kappa shape index (κ2) is 9.34. The third-order valence-electron chi connectivity index (χ3n) is 4.12. The van der Waals surface area contributed by atoms with Crippen molar-refractivity contribution in [2.45, 2.75) is 58.0 Å². The number of anilines is 1. The zero-order valence-electron chi connectivity index (χ0n) is 16.3. The van der Waals surface area contributed by atoms with Crippen LogP contribution in [0, 0.1) is 11.6 Å². The van der Waals surface area contributed by atoms with Gasteiger partial charge in [-0.15, -0.1) is 0 Å². The smallest absolute Gasteiger partial charge is 0.335 e. The third-order valence-corrected chi connectivity index (χ3v) is 5.85. The molecular weight excluding hydrogens is 408 g/mol. The minimum absolute atomic E-state index is 0.0249. The fourth-order valence-corrected chi connectivity index (χ4v) is 4.50. The van der Waals surface area contributed by atoms with Gasteiger partial charge in [0.15, 0.2) is 11.6 Å². The van der Waals surface area contributed by atoms with Crippen molar-refractivity contribution in [3.8, 4) is 0 Å². The molecule has 1 aliphatic rings. The van der Waals surface area contributed by atoms with Crippen LogP contribution in [0.15, 0.2) is 23.8 Å². The highest BCUT2D eigenvalue weighted by Gasteiger charge is 2.36. The first-order chi connectivity index (χ1) is 13.5. The minimum Gasteiger partial charge on any atom is -0.461 e. The molecule has 0 radical (unpaired) electrons. The summed E-state index contributed by atoms with van der Waals surface area (Å²) in [7, 11) is -4.33. The van der Waals surface area contributed by atoms with Gasteiger partial charge in [-0.05, 0) is 50.8 Å². The Morgan fingerprint density at radius 3 is 2.41 bits per heavy atom. The number of carbonyl (C=O) groups excluding carboxylic acids is 2. The van der Waals surface area contributed by atoms with Crippen molar-refractivity contribution in [3.05, 3.63) is 41.0 Å². The highest BCUT2D eigenvalue weighted by Crippen LogP contribution is 2.30. The van der Waals surface area contributed by atoms with Gasteiger partial charge >= 0.3 is 11.9 Å². The number of halogens is 2. The molecule has 1 aliphatic carbocycles. The zero-order valence-corrected chi connectivity index (χ0v) is 17.1. The minimum atomic E-state index is -4.33. The maximum atomic E-state index is 14.3. The number of hydrogen-bond donors (Lipinski definition) is 1. The van der Waals surface area contributed by atoms with E-state index < -0.39 is 50.6 Å². The molecule has 29 heavy (non-hydrogen) atoms. The molecular formula is C19H23F2NO6S. The lowest BCUT2D eigenvalue weighted by molar-refractivity contribution is -0.143. The Kier molecular flexibility index (Phi) is 7.34. The van der Waals surface area contributed by atoms with Gasteiger partial charge in [0.2, 0.25) is 10.0 Å². The monoisotopic (exact) mass is 431 g/mol. The molecule has 10 heteroatoms. The molecule has 0 fully saturated rings. The first-order valence-electron chi connectivity index (χ1n) is 9.05. The zero-order chi connectivity index (χ0) is 21.8. The number of nitrogens with one attached hydrogen (secondary N) is 1. The molecule has 0 aliphatic heterocycles. The van der Waals surface area contributed by atoms with Gasteiger partial charge in [0.05, 0.1) is 11.7 Å². The number of hydrogen-bond acceptors (Lipinski definition) is 6. The largest absolute Gasteiger partial charge is 0.461 e. The van der Waals surface area contributed by atoms with Gasteiger partial charge in [0.25, 0.3) is 0 Å². The highest BCUT2D eigenvalue weighted by molar-refractivity contribution is 7.93. The standard InChI is InChI=1S/C19H23F2NO6S/c1-11(2)28-19(24)14-6-4-5-7-17(14)29(25,26)22-18-15(20)8-13(9-16(18)21)10-27-12(3)23/h6,8-9,11,17,22H,4-5,7,10H2,1-3H3. The Balaban J connectivity index is 2.27. The van der Waals surface area contributed by atoms with Crippen LogP contribution in [0.25, 0.3) is 0 Å². The molecule has 0 amide bonds. The Hall–Kier alpha value is -2.49. The lowest BCUT2D eigenvalue weighted by atomic mass is 9.99. The summed E-state index contributed by atoms with van der Waals surface area (Å²) in [6, 6.07) is 1.74. The van der Waals surface area contributed by atoms with Gasteiger partial charge in [-0.2, -0.15) is 0 Å². The Labute approximate surface area is 168 Å². The van der Waals surface area contributed by atoms with E-state index in [0.717, 1.165) is 19.1 Å². The second-order valence-corrected chi connectivity index (χ2v) is 8.76.